The Hall–Kier alpha value is -2.88. The Morgan fingerprint density at radius 3 is 2.58 bits per heavy atom. The zero-order valence-electron chi connectivity index (χ0n) is 17.2. The zero-order chi connectivity index (χ0) is 21.4. The van der Waals surface area contributed by atoms with Gasteiger partial charge >= 0.3 is 0 Å². The van der Waals surface area contributed by atoms with Gasteiger partial charge in [0.2, 0.25) is 0 Å². The smallest absolute Gasteiger partial charge is 0.264 e. The molecule has 1 aliphatic heterocycles. The number of amides is 1. The van der Waals surface area contributed by atoms with E-state index >= 15 is 0 Å². The Labute approximate surface area is 191 Å². The van der Waals surface area contributed by atoms with Gasteiger partial charge in [0.15, 0.2) is 0 Å². The number of thiophene rings is 1. The lowest BCUT2D eigenvalue weighted by Gasteiger charge is -2.37. The summed E-state index contributed by atoms with van der Waals surface area (Å²) in [4.78, 5) is 17.5. The second-order valence-corrected chi connectivity index (χ2v) is 9.46. The molecule has 31 heavy (non-hydrogen) atoms. The van der Waals surface area contributed by atoms with E-state index in [0.29, 0.717) is 11.6 Å². The third-order valence-electron chi connectivity index (χ3n) is 5.86. The van der Waals surface area contributed by atoms with Crippen LogP contribution in [0, 0.1) is 6.92 Å². The third-order valence-corrected chi connectivity index (χ3v) is 7.22. The van der Waals surface area contributed by atoms with Crippen molar-refractivity contribution >= 4 is 28.8 Å². The van der Waals surface area contributed by atoms with Crippen LogP contribution < -0.4 is 0 Å². The third kappa shape index (κ3) is 3.91. The quantitative estimate of drug-likeness (QED) is 0.328. The van der Waals surface area contributed by atoms with Crippen LogP contribution in [0.1, 0.15) is 38.0 Å². The molecule has 2 heterocycles. The first-order valence-electron chi connectivity index (χ1n) is 10.4. The van der Waals surface area contributed by atoms with Crippen molar-refractivity contribution in [2.24, 2.45) is 0 Å². The predicted octanol–water partition coefficient (Wildman–Crippen LogP) is 7.16. The van der Waals surface area contributed by atoms with E-state index in [2.05, 4.69) is 55.5 Å². The standard InChI is InChI=1S/C27H22ClNOS/c1-18-9-11-20(12-10-18)26-23-8-3-2-5-19(23)15-16-29(26)27(30)25-14-13-24(31-25)21-6-4-7-22(28)17-21/h2-14,17,26H,15-16H2,1H3/t26-/m0/s1. The second kappa shape index (κ2) is 8.33. The van der Waals surface area contributed by atoms with Gasteiger partial charge in [-0.05, 0) is 59.9 Å². The summed E-state index contributed by atoms with van der Waals surface area (Å²) in [5.41, 5.74) is 5.95. The van der Waals surface area contributed by atoms with E-state index in [9.17, 15) is 4.79 Å². The highest BCUT2D eigenvalue weighted by Crippen LogP contribution is 2.38. The summed E-state index contributed by atoms with van der Waals surface area (Å²) in [6, 6.07) is 28.7. The van der Waals surface area contributed by atoms with Gasteiger partial charge in [-0.3, -0.25) is 4.79 Å². The van der Waals surface area contributed by atoms with Gasteiger partial charge in [0.05, 0.1) is 10.9 Å². The highest BCUT2D eigenvalue weighted by atomic mass is 35.5. The number of benzene rings is 3. The Balaban J connectivity index is 1.52. The first-order valence-corrected chi connectivity index (χ1v) is 11.6. The molecule has 0 fully saturated rings. The minimum atomic E-state index is -0.0743. The minimum absolute atomic E-state index is 0.0743. The van der Waals surface area contributed by atoms with E-state index in [4.69, 9.17) is 11.6 Å². The van der Waals surface area contributed by atoms with Crippen LogP contribution in [-0.4, -0.2) is 17.4 Å². The maximum absolute atomic E-state index is 13.7. The molecule has 1 aromatic heterocycles. The summed E-state index contributed by atoms with van der Waals surface area (Å²) in [6.07, 6.45) is 0.872. The average molecular weight is 444 g/mol. The number of carbonyl (C=O) groups excluding carboxylic acids is 1. The number of hydrogen-bond acceptors (Lipinski definition) is 2. The SMILES string of the molecule is Cc1ccc([C@H]2c3ccccc3CCN2C(=O)c2ccc(-c3cccc(Cl)c3)s2)cc1. The fraction of sp³-hybridized carbons (Fsp3) is 0.148. The average Bonchev–Trinajstić information content (AvgIpc) is 3.29. The van der Waals surface area contributed by atoms with E-state index in [1.165, 1.54) is 28.0 Å². The van der Waals surface area contributed by atoms with Crippen molar-refractivity contribution in [1.82, 2.24) is 4.90 Å². The fourth-order valence-electron chi connectivity index (χ4n) is 4.28. The Kier molecular flexibility index (Phi) is 5.39. The van der Waals surface area contributed by atoms with Crippen molar-refractivity contribution in [3.63, 3.8) is 0 Å². The van der Waals surface area contributed by atoms with E-state index in [1.807, 2.05) is 41.3 Å². The highest BCUT2D eigenvalue weighted by Gasteiger charge is 2.33. The molecular formula is C27H22ClNOS. The van der Waals surface area contributed by atoms with Crippen molar-refractivity contribution < 1.29 is 4.79 Å². The van der Waals surface area contributed by atoms with Crippen LogP contribution in [0.25, 0.3) is 10.4 Å². The molecule has 0 saturated carbocycles. The molecular weight excluding hydrogens is 422 g/mol. The number of rotatable bonds is 3. The van der Waals surface area contributed by atoms with Crippen LogP contribution in [0.5, 0.6) is 0 Å². The predicted molar refractivity (Wildman–Crippen MR) is 129 cm³/mol. The van der Waals surface area contributed by atoms with Gasteiger partial charge in [0.25, 0.3) is 5.91 Å². The van der Waals surface area contributed by atoms with Gasteiger partial charge in [-0.25, -0.2) is 0 Å². The number of fused-ring (bicyclic) bond motifs is 1. The van der Waals surface area contributed by atoms with Crippen LogP contribution >= 0.6 is 22.9 Å². The van der Waals surface area contributed by atoms with Gasteiger partial charge in [-0.1, -0.05) is 77.8 Å². The number of aryl methyl sites for hydroxylation is 1. The minimum Gasteiger partial charge on any atom is -0.326 e. The number of hydrogen-bond donors (Lipinski definition) is 0. The normalized spacial score (nSPS) is 15.5. The molecule has 0 radical (unpaired) electrons. The first-order chi connectivity index (χ1) is 15.1. The fourth-order valence-corrected chi connectivity index (χ4v) is 5.43. The van der Waals surface area contributed by atoms with Crippen molar-refractivity contribution in [3.8, 4) is 10.4 Å². The van der Waals surface area contributed by atoms with Gasteiger partial charge in [0.1, 0.15) is 0 Å². The maximum atomic E-state index is 13.7. The van der Waals surface area contributed by atoms with Crippen LogP contribution in [0.2, 0.25) is 5.02 Å². The first kappa shape index (κ1) is 20.0. The van der Waals surface area contributed by atoms with Crippen molar-refractivity contribution in [1.29, 1.82) is 0 Å². The Morgan fingerprint density at radius 1 is 0.968 bits per heavy atom. The van der Waals surface area contributed by atoms with E-state index in [1.54, 1.807) is 0 Å². The molecule has 5 rings (SSSR count). The molecule has 0 unspecified atom stereocenters. The molecule has 0 saturated heterocycles. The maximum Gasteiger partial charge on any atom is 0.264 e. The van der Waals surface area contributed by atoms with E-state index in [-0.39, 0.29) is 11.9 Å². The zero-order valence-corrected chi connectivity index (χ0v) is 18.8. The summed E-state index contributed by atoms with van der Waals surface area (Å²) < 4.78 is 0. The van der Waals surface area contributed by atoms with Crippen molar-refractivity contribution in [2.75, 3.05) is 6.54 Å². The molecule has 0 aliphatic carbocycles. The molecule has 1 atom stereocenters. The van der Waals surface area contributed by atoms with Crippen LogP contribution in [0.4, 0.5) is 0 Å². The topological polar surface area (TPSA) is 20.3 Å². The van der Waals surface area contributed by atoms with Crippen LogP contribution in [0.3, 0.4) is 0 Å². The lowest BCUT2D eigenvalue weighted by atomic mass is 9.88. The number of nitrogens with zero attached hydrogens (tertiary/aromatic N) is 1. The highest BCUT2D eigenvalue weighted by molar-refractivity contribution is 7.17. The second-order valence-electron chi connectivity index (χ2n) is 7.93. The Bertz CT molecular complexity index is 1240. The van der Waals surface area contributed by atoms with Crippen LogP contribution in [0.15, 0.2) is 84.9 Å². The summed E-state index contributed by atoms with van der Waals surface area (Å²) in [7, 11) is 0. The Morgan fingerprint density at radius 2 is 1.77 bits per heavy atom. The largest absolute Gasteiger partial charge is 0.326 e. The van der Waals surface area contributed by atoms with Crippen LogP contribution in [-0.2, 0) is 6.42 Å². The molecule has 3 aromatic carbocycles. The number of halogens is 1. The van der Waals surface area contributed by atoms with Gasteiger partial charge in [-0.15, -0.1) is 11.3 Å². The summed E-state index contributed by atoms with van der Waals surface area (Å²) >= 11 is 7.69. The molecule has 0 bridgehead atoms. The molecule has 2 nitrogen and oxygen atoms in total. The summed E-state index contributed by atoms with van der Waals surface area (Å²) in [5.74, 6) is 0.0818. The van der Waals surface area contributed by atoms with Crippen molar-refractivity contribution in [2.45, 2.75) is 19.4 Å². The van der Waals surface area contributed by atoms with Gasteiger partial charge in [0, 0.05) is 16.4 Å². The summed E-state index contributed by atoms with van der Waals surface area (Å²) in [5, 5.41) is 0.700. The molecule has 1 aliphatic rings. The molecule has 154 valence electrons. The molecule has 0 N–H and O–H groups in total. The lowest BCUT2D eigenvalue weighted by molar-refractivity contribution is 0.0699. The summed E-state index contributed by atoms with van der Waals surface area (Å²) in [6.45, 7) is 2.79. The van der Waals surface area contributed by atoms with E-state index in [0.717, 1.165) is 27.3 Å². The molecule has 4 heteroatoms. The number of carbonyl (C=O) groups is 1. The molecule has 1 amide bonds. The van der Waals surface area contributed by atoms with Gasteiger partial charge < -0.3 is 4.90 Å². The molecule has 0 spiro atoms. The van der Waals surface area contributed by atoms with E-state index < -0.39 is 0 Å². The lowest BCUT2D eigenvalue weighted by Crippen LogP contribution is -2.40. The molecule has 4 aromatic rings. The van der Waals surface area contributed by atoms with Gasteiger partial charge in [-0.2, -0.15) is 0 Å². The van der Waals surface area contributed by atoms with Crippen molar-refractivity contribution in [3.05, 3.63) is 117 Å². The monoisotopic (exact) mass is 443 g/mol.